The Bertz CT molecular complexity index is 471. The fraction of sp³-hybridized carbons (Fsp3) is 0.125. The van der Waals surface area contributed by atoms with Crippen molar-refractivity contribution in [3.63, 3.8) is 0 Å². The molecule has 0 bridgehead atoms. The zero-order valence-corrected chi connectivity index (χ0v) is 10.1. The van der Waals surface area contributed by atoms with Crippen molar-refractivity contribution >= 4 is 11.6 Å². The Kier molecular flexibility index (Phi) is 4.11. The highest BCUT2D eigenvalue weighted by atomic mass is 14.8. The summed E-state index contributed by atoms with van der Waals surface area (Å²) in [5, 5.41) is 3.22. The van der Waals surface area contributed by atoms with Gasteiger partial charge in [0.25, 0.3) is 0 Å². The van der Waals surface area contributed by atoms with Crippen LogP contribution in [-0.4, -0.2) is 13.6 Å². The lowest BCUT2D eigenvalue weighted by Gasteiger charge is -2.07. The van der Waals surface area contributed by atoms with Gasteiger partial charge in [0, 0.05) is 6.54 Å². The molecule has 0 saturated heterocycles. The molecule has 0 aromatic heterocycles. The molecule has 0 fully saturated rings. The Hall–Kier alpha value is -1.86. The second kappa shape index (κ2) is 6.02. The molecule has 0 saturated carbocycles. The van der Waals surface area contributed by atoms with Gasteiger partial charge in [-0.2, -0.15) is 0 Å². The predicted molar refractivity (Wildman–Crippen MR) is 74.7 cm³/mol. The van der Waals surface area contributed by atoms with Gasteiger partial charge in [-0.3, -0.25) is 0 Å². The number of benzene rings is 2. The Morgan fingerprint density at radius 1 is 0.941 bits per heavy atom. The maximum atomic E-state index is 3.22. The van der Waals surface area contributed by atoms with E-state index in [9.17, 15) is 0 Å². The molecule has 2 aromatic rings. The number of likely N-dealkylation sites (N-methyl/N-ethyl adjacent to an activating group) is 1. The lowest BCUT2D eigenvalue weighted by molar-refractivity contribution is 0.933. The fourth-order valence-corrected chi connectivity index (χ4v) is 1.83. The van der Waals surface area contributed by atoms with Crippen molar-refractivity contribution in [1.29, 1.82) is 0 Å². The van der Waals surface area contributed by atoms with Crippen molar-refractivity contribution in [3.05, 3.63) is 71.8 Å². The maximum absolute atomic E-state index is 3.22. The first-order chi connectivity index (χ1) is 8.40. The van der Waals surface area contributed by atoms with Gasteiger partial charge in [-0.05, 0) is 29.8 Å². The lowest BCUT2D eigenvalue weighted by atomic mass is 10.0. The number of rotatable bonds is 4. The van der Waals surface area contributed by atoms with E-state index in [1.165, 1.54) is 16.7 Å². The van der Waals surface area contributed by atoms with Gasteiger partial charge in [-0.15, -0.1) is 0 Å². The topological polar surface area (TPSA) is 12.0 Å². The lowest BCUT2D eigenvalue weighted by Crippen LogP contribution is -2.09. The quantitative estimate of drug-likeness (QED) is 0.783. The van der Waals surface area contributed by atoms with Crippen LogP contribution in [0.25, 0.3) is 11.6 Å². The monoisotopic (exact) mass is 223 g/mol. The molecule has 0 heterocycles. The van der Waals surface area contributed by atoms with Gasteiger partial charge in [0.2, 0.25) is 0 Å². The zero-order valence-electron chi connectivity index (χ0n) is 10.1. The third-order valence-electron chi connectivity index (χ3n) is 2.65. The summed E-state index contributed by atoms with van der Waals surface area (Å²) in [5.41, 5.74) is 3.81. The smallest absolute Gasteiger partial charge is 0.0208 e. The molecule has 0 aliphatic heterocycles. The summed E-state index contributed by atoms with van der Waals surface area (Å²) in [7, 11) is 1.97. The fourth-order valence-electron chi connectivity index (χ4n) is 1.83. The largest absolute Gasteiger partial charge is 0.316 e. The predicted octanol–water partition coefficient (Wildman–Crippen LogP) is 3.45. The minimum Gasteiger partial charge on any atom is -0.316 e. The van der Waals surface area contributed by atoms with Gasteiger partial charge in [-0.1, -0.05) is 60.7 Å². The maximum Gasteiger partial charge on any atom is 0.0208 e. The summed E-state index contributed by atoms with van der Waals surface area (Å²) in [6, 6.07) is 20.9. The van der Waals surface area contributed by atoms with Gasteiger partial charge in [0.05, 0.1) is 0 Å². The molecule has 0 aliphatic carbocycles. The van der Waals surface area contributed by atoms with Gasteiger partial charge in [0.1, 0.15) is 0 Å². The second-order valence-corrected chi connectivity index (χ2v) is 3.98. The van der Waals surface area contributed by atoms with E-state index in [4.69, 9.17) is 0 Å². The van der Waals surface area contributed by atoms with Crippen LogP contribution in [0.1, 0.15) is 11.1 Å². The van der Waals surface area contributed by atoms with E-state index < -0.39 is 0 Å². The summed E-state index contributed by atoms with van der Waals surface area (Å²) in [4.78, 5) is 0. The van der Waals surface area contributed by atoms with Crippen molar-refractivity contribution in [2.75, 3.05) is 13.6 Å². The molecule has 86 valence electrons. The third kappa shape index (κ3) is 3.30. The molecule has 0 spiro atoms. The highest BCUT2D eigenvalue weighted by Gasteiger charge is 1.99. The molecule has 0 aliphatic rings. The molecule has 2 rings (SSSR count). The van der Waals surface area contributed by atoms with E-state index in [2.05, 4.69) is 59.9 Å². The molecule has 0 amide bonds. The molecule has 1 nitrogen and oxygen atoms in total. The average molecular weight is 223 g/mol. The summed E-state index contributed by atoms with van der Waals surface area (Å²) < 4.78 is 0. The first-order valence-electron chi connectivity index (χ1n) is 5.86. The van der Waals surface area contributed by atoms with Crippen LogP contribution >= 0.6 is 0 Å². The Morgan fingerprint density at radius 2 is 1.53 bits per heavy atom. The van der Waals surface area contributed by atoms with E-state index in [1.807, 2.05) is 19.2 Å². The molecule has 0 radical (unpaired) electrons. The second-order valence-electron chi connectivity index (χ2n) is 3.98. The van der Waals surface area contributed by atoms with Gasteiger partial charge in [0.15, 0.2) is 0 Å². The minimum atomic E-state index is 0.874. The van der Waals surface area contributed by atoms with Crippen LogP contribution in [0.3, 0.4) is 0 Å². The van der Waals surface area contributed by atoms with Gasteiger partial charge < -0.3 is 5.32 Å². The standard InChI is InChI=1S/C16H17N/c1-17-13-16(15-10-6-3-7-11-15)12-14-8-4-2-5-9-14/h2-12,17H,13H2,1H3. The normalized spacial score (nSPS) is 11.5. The zero-order chi connectivity index (χ0) is 11.9. The summed E-state index contributed by atoms with van der Waals surface area (Å²) in [6.45, 7) is 0.874. The van der Waals surface area contributed by atoms with Crippen molar-refractivity contribution in [1.82, 2.24) is 5.32 Å². The van der Waals surface area contributed by atoms with Crippen LogP contribution in [0.15, 0.2) is 60.7 Å². The third-order valence-corrected chi connectivity index (χ3v) is 2.65. The van der Waals surface area contributed by atoms with E-state index in [0.717, 1.165) is 6.54 Å². The Morgan fingerprint density at radius 3 is 2.12 bits per heavy atom. The molecule has 17 heavy (non-hydrogen) atoms. The number of hydrogen-bond donors (Lipinski definition) is 1. The first kappa shape index (κ1) is 11.6. The first-order valence-corrected chi connectivity index (χ1v) is 5.86. The molecule has 2 aromatic carbocycles. The van der Waals surface area contributed by atoms with Crippen LogP contribution < -0.4 is 5.32 Å². The highest BCUT2D eigenvalue weighted by molar-refractivity contribution is 5.82. The van der Waals surface area contributed by atoms with Gasteiger partial charge >= 0.3 is 0 Å². The molecule has 0 unspecified atom stereocenters. The van der Waals surface area contributed by atoms with Crippen molar-refractivity contribution in [2.45, 2.75) is 0 Å². The number of hydrogen-bond acceptors (Lipinski definition) is 1. The van der Waals surface area contributed by atoms with Crippen LogP contribution in [-0.2, 0) is 0 Å². The van der Waals surface area contributed by atoms with Gasteiger partial charge in [-0.25, -0.2) is 0 Å². The highest BCUT2D eigenvalue weighted by Crippen LogP contribution is 2.17. The van der Waals surface area contributed by atoms with E-state index in [1.54, 1.807) is 0 Å². The van der Waals surface area contributed by atoms with E-state index in [0.29, 0.717) is 0 Å². The minimum absolute atomic E-state index is 0.874. The molecule has 1 heteroatoms. The van der Waals surface area contributed by atoms with E-state index in [-0.39, 0.29) is 0 Å². The Labute approximate surface area is 103 Å². The van der Waals surface area contributed by atoms with Crippen molar-refractivity contribution in [2.24, 2.45) is 0 Å². The summed E-state index contributed by atoms with van der Waals surface area (Å²) in [6.07, 6.45) is 2.23. The molecular weight excluding hydrogens is 206 g/mol. The van der Waals surface area contributed by atoms with Crippen LogP contribution in [0.5, 0.6) is 0 Å². The SMILES string of the molecule is CNCC(=Cc1ccccc1)c1ccccc1. The summed E-state index contributed by atoms with van der Waals surface area (Å²) in [5.74, 6) is 0. The van der Waals surface area contributed by atoms with Crippen LogP contribution in [0.2, 0.25) is 0 Å². The van der Waals surface area contributed by atoms with Crippen LogP contribution in [0, 0.1) is 0 Å². The van der Waals surface area contributed by atoms with E-state index >= 15 is 0 Å². The molecule has 1 N–H and O–H groups in total. The summed E-state index contributed by atoms with van der Waals surface area (Å²) >= 11 is 0. The number of nitrogens with one attached hydrogen (secondary N) is 1. The van der Waals surface area contributed by atoms with Crippen molar-refractivity contribution < 1.29 is 0 Å². The van der Waals surface area contributed by atoms with Crippen molar-refractivity contribution in [3.8, 4) is 0 Å². The average Bonchev–Trinajstić information content (AvgIpc) is 2.40. The Balaban J connectivity index is 2.33. The molecular formula is C16H17N. The molecule has 0 atom stereocenters. The van der Waals surface area contributed by atoms with Crippen LogP contribution in [0.4, 0.5) is 0 Å².